The summed E-state index contributed by atoms with van der Waals surface area (Å²) in [5.41, 5.74) is 0.852. The van der Waals surface area contributed by atoms with E-state index in [-0.39, 0.29) is 11.3 Å². The molecule has 0 heterocycles. The topological polar surface area (TPSA) is 17.1 Å². The molecule has 0 spiro atoms. The quantitative estimate of drug-likeness (QED) is 0.707. The maximum Gasteiger partial charge on any atom is 0.191 e. The van der Waals surface area contributed by atoms with Gasteiger partial charge in [-0.25, -0.2) is 4.39 Å². The molecular formula is C13H12ClFO. The Morgan fingerprint density at radius 3 is 2.75 bits per heavy atom. The molecule has 0 fully saturated rings. The van der Waals surface area contributed by atoms with Gasteiger partial charge < -0.3 is 0 Å². The Morgan fingerprint density at radius 1 is 1.31 bits per heavy atom. The van der Waals surface area contributed by atoms with Crippen molar-refractivity contribution < 1.29 is 9.18 Å². The highest BCUT2D eigenvalue weighted by Gasteiger charge is 2.17. The summed E-state index contributed by atoms with van der Waals surface area (Å²) in [6.07, 6.45) is 5.70. The second-order valence-corrected chi connectivity index (χ2v) is 4.36. The van der Waals surface area contributed by atoms with Gasteiger partial charge in [-0.15, -0.1) is 0 Å². The molecule has 0 aromatic heterocycles. The van der Waals surface area contributed by atoms with Gasteiger partial charge in [0.05, 0.1) is 5.56 Å². The second-order valence-electron chi connectivity index (χ2n) is 3.93. The normalized spacial score (nSPS) is 15.8. The lowest BCUT2D eigenvalue weighted by Crippen LogP contribution is -2.08. The summed E-state index contributed by atoms with van der Waals surface area (Å²) in [4.78, 5) is 12.0. The molecule has 16 heavy (non-hydrogen) atoms. The molecular weight excluding hydrogens is 227 g/mol. The third-order valence-corrected chi connectivity index (χ3v) is 2.99. The van der Waals surface area contributed by atoms with Crippen LogP contribution in [0.15, 0.2) is 29.8 Å². The molecule has 0 bridgehead atoms. The van der Waals surface area contributed by atoms with Gasteiger partial charge in [0, 0.05) is 5.02 Å². The van der Waals surface area contributed by atoms with E-state index >= 15 is 0 Å². The number of benzene rings is 1. The first-order chi connectivity index (χ1) is 7.68. The van der Waals surface area contributed by atoms with Crippen LogP contribution in [0.25, 0.3) is 0 Å². The molecule has 0 saturated heterocycles. The van der Waals surface area contributed by atoms with Crippen LogP contribution < -0.4 is 0 Å². The van der Waals surface area contributed by atoms with Crippen LogP contribution in [0.2, 0.25) is 5.02 Å². The fourth-order valence-corrected chi connectivity index (χ4v) is 2.05. The Kier molecular flexibility index (Phi) is 3.39. The Bertz CT molecular complexity index is 451. The van der Waals surface area contributed by atoms with E-state index in [1.54, 1.807) is 6.07 Å². The summed E-state index contributed by atoms with van der Waals surface area (Å²) in [5, 5.41) is 0.312. The van der Waals surface area contributed by atoms with Crippen molar-refractivity contribution in [2.45, 2.75) is 25.7 Å². The molecule has 84 valence electrons. The molecule has 0 unspecified atom stereocenters. The van der Waals surface area contributed by atoms with E-state index in [0.717, 1.165) is 31.3 Å². The minimum absolute atomic E-state index is 0.123. The highest BCUT2D eigenvalue weighted by Crippen LogP contribution is 2.23. The fraction of sp³-hybridized carbons (Fsp3) is 0.308. The number of allylic oxidation sites excluding steroid dienone is 2. The van der Waals surface area contributed by atoms with Crippen LogP contribution in [-0.4, -0.2) is 5.78 Å². The average molecular weight is 239 g/mol. The fourth-order valence-electron chi connectivity index (χ4n) is 1.89. The van der Waals surface area contributed by atoms with E-state index in [0.29, 0.717) is 5.02 Å². The molecule has 2 rings (SSSR count). The van der Waals surface area contributed by atoms with Gasteiger partial charge >= 0.3 is 0 Å². The zero-order chi connectivity index (χ0) is 11.5. The predicted molar refractivity (Wildman–Crippen MR) is 62.3 cm³/mol. The van der Waals surface area contributed by atoms with Crippen molar-refractivity contribution in [3.8, 4) is 0 Å². The zero-order valence-electron chi connectivity index (χ0n) is 8.80. The third-order valence-electron chi connectivity index (χ3n) is 2.76. The van der Waals surface area contributed by atoms with Gasteiger partial charge in [-0.1, -0.05) is 17.7 Å². The van der Waals surface area contributed by atoms with E-state index in [9.17, 15) is 9.18 Å². The van der Waals surface area contributed by atoms with Crippen LogP contribution in [0.3, 0.4) is 0 Å². The van der Waals surface area contributed by atoms with Crippen molar-refractivity contribution in [2.24, 2.45) is 0 Å². The number of Topliss-reactive ketones (excluding diaryl/α,β-unsaturated/α-hetero) is 1. The number of rotatable bonds is 2. The monoisotopic (exact) mass is 238 g/mol. The van der Waals surface area contributed by atoms with Gasteiger partial charge in [0.15, 0.2) is 5.78 Å². The maximum absolute atomic E-state index is 13.5. The largest absolute Gasteiger partial charge is 0.289 e. The van der Waals surface area contributed by atoms with E-state index in [4.69, 9.17) is 11.6 Å². The summed E-state index contributed by atoms with van der Waals surface area (Å²) in [6.45, 7) is 0. The lowest BCUT2D eigenvalue weighted by molar-refractivity contribution is 0.102. The van der Waals surface area contributed by atoms with Crippen molar-refractivity contribution in [2.75, 3.05) is 0 Å². The van der Waals surface area contributed by atoms with Crippen LogP contribution in [0.4, 0.5) is 4.39 Å². The number of carbonyl (C=O) groups is 1. The predicted octanol–water partition coefficient (Wildman–Crippen LogP) is 4.16. The minimum atomic E-state index is -0.538. The van der Waals surface area contributed by atoms with Crippen molar-refractivity contribution >= 4 is 17.4 Å². The Morgan fingerprint density at radius 2 is 2.12 bits per heavy atom. The first-order valence-electron chi connectivity index (χ1n) is 5.37. The standard InChI is InChI=1S/C13H12ClFO/c14-10-6-7-11(12(15)8-10)13(16)9-4-2-1-3-5-9/h4,6-8H,1-3,5H2. The maximum atomic E-state index is 13.5. The van der Waals surface area contributed by atoms with E-state index in [2.05, 4.69) is 0 Å². The first kappa shape index (κ1) is 11.3. The highest BCUT2D eigenvalue weighted by molar-refractivity contribution is 6.30. The van der Waals surface area contributed by atoms with Gasteiger partial charge in [-0.3, -0.25) is 4.79 Å². The highest BCUT2D eigenvalue weighted by atomic mass is 35.5. The van der Waals surface area contributed by atoms with Gasteiger partial charge in [0.1, 0.15) is 5.82 Å². The molecule has 1 aromatic rings. The van der Waals surface area contributed by atoms with Crippen molar-refractivity contribution in [1.82, 2.24) is 0 Å². The summed E-state index contributed by atoms with van der Waals surface area (Å²) >= 11 is 5.64. The van der Waals surface area contributed by atoms with E-state index in [1.165, 1.54) is 12.1 Å². The summed E-state index contributed by atoms with van der Waals surface area (Å²) in [6, 6.07) is 4.18. The molecule has 0 N–H and O–H groups in total. The molecule has 0 saturated carbocycles. The molecule has 0 amide bonds. The zero-order valence-corrected chi connectivity index (χ0v) is 9.56. The average Bonchev–Trinajstić information content (AvgIpc) is 2.29. The minimum Gasteiger partial charge on any atom is -0.289 e. The van der Waals surface area contributed by atoms with Crippen molar-refractivity contribution in [3.63, 3.8) is 0 Å². The number of hydrogen-bond acceptors (Lipinski definition) is 1. The number of ketones is 1. The lowest BCUT2D eigenvalue weighted by atomic mass is 9.93. The Labute approximate surface area is 98.9 Å². The van der Waals surface area contributed by atoms with Crippen LogP contribution in [0.1, 0.15) is 36.0 Å². The number of carbonyl (C=O) groups excluding carboxylic acids is 1. The molecule has 1 nitrogen and oxygen atoms in total. The van der Waals surface area contributed by atoms with Crippen LogP contribution in [0, 0.1) is 5.82 Å². The number of hydrogen-bond donors (Lipinski definition) is 0. The van der Waals surface area contributed by atoms with Gasteiger partial charge in [-0.2, -0.15) is 0 Å². The molecule has 0 radical (unpaired) electrons. The van der Waals surface area contributed by atoms with Gasteiger partial charge in [0.25, 0.3) is 0 Å². The molecule has 1 aromatic carbocycles. The molecule has 0 atom stereocenters. The van der Waals surface area contributed by atoms with Crippen LogP contribution in [0.5, 0.6) is 0 Å². The summed E-state index contributed by atoms with van der Waals surface area (Å²) < 4.78 is 13.5. The lowest BCUT2D eigenvalue weighted by Gasteiger charge is -2.11. The molecule has 1 aliphatic carbocycles. The van der Waals surface area contributed by atoms with Crippen molar-refractivity contribution in [3.05, 3.63) is 46.3 Å². The molecule has 0 aliphatic heterocycles. The molecule has 1 aliphatic rings. The van der Waals surface area contributed by atoms with Crippen LogP contribution in [-0.2, 0) is 0 Å². The van der Waals surface area contributed by atoms with E-state index in [1.807, 2.05) is 6.08 Å². The first-order valence-corrected chi connectivity index (χ1v) is 5.75. The van der Waals surface area contributed by atoms with Gasteiger partial charge in [-0.05, 0) is 49.5 Å². The van der Waals surface area contributed by atoms with Crippen LogP contribution >= 0.6 is 11.6 Å². The Hall–Kier alpha value is -1.15. The summed E-state index contributed by atoms with van der Waals surface area (Å²) in [7, 11) is 0. The van der Waals surface area contributed by atoms with Gasteiger partial charge in [0.2, 0.25) is 0 Å². The summed E-state index contributed by atoms with van der Waals surface area (Å²) in [5.74, 6) is -0.738. The SMILES string of the molecule is O=C(C1=CCCCC1)c1ccc(Cl)cc1F. The molecule has 3 heteroatoms. The van der Waals surface area contributed by atoms with Crippen molar-refractivity contribution in [1.29, 1.82) is 0 Å². The van der Waals surface area contributed by atoms with E-state index < -0.39 is 5.82 Å². The smallest absolute Gasteiger partial charge is 0.191 e. The third kappa shape index (κ3) is 2.33. The number of halogens is 2. The Balaban J connectivity index is 2.30. The second kappa shape index (κ2) is 4.79.